The minimum absolute atomic E-state index is 0.0593. The average Bonchev–Trinajstić information content (AvgIpc) is 2.63. The predicted molar refractivity (Wildman–Crippen MR) is 56.7 cm³/mol. The first kappa shape index (κ1) is 10.4. The van der Waals surface area contributed by atoms with Gasteiger partial charge in [-0.15, -0.1) is 0 Å². The van der Waals surface area contributed by atoms with Gasteiger partial charge in [0.25, 0.3) is 0 Å². The van der Waals surface area contributed by atoms with Gasteiger partial charge in [0.2, 0.25) is 0 Å². The highest BCUT2D eigenvalue weighted by Crippen LogP contribution is 2.43. The number of hydrazine groups is 1. The van der Waals surface area contributed by atoms with Crippen LogP contribution in [0.25, 0.3) is 0 Å². The minimum atomic E-state index is 0.0593. The van der Waals surface area contributed by atoms with Gasteiger partial charge in [-0.1, -0.05) is 12.8 Å². The van der Waals surface area contributed by atoms with Crippen LogP contribution in [-0.2, 0) is 4.74 Å². The second-order valence-corrected chi connectivity index (χ2v) is 4.81. The molecule has 0 radical (unpaired) electrons. The summed E-state index contributed by atoms with van der Waals surface area (Å²) in [7, 11) is 1.83. The molecule has 0 aromatic carbocycles. The zero-order chi connectivity index (χ0) is 10.0. The molecule has 2 saturated carbocycles. The molecule has 14 heavy (non-hydrogen) atoms. The second kappa shape index (κ2) is 4.17. The van der Waals surface area contributed by atoms with E-state index in [0.717, 1.165) is 5.92 Å². The fourth-order valence-electron chi connectivity index (χ4n) is 3.18. The third kappa shape index (κ3) is 1.58. The number of nitrogens with one attached hydrogen (secondary N) is 1. The maximum absolute atomic E-state index is 5.70. The quantitative estimate of drug-likeness (QED) is 0.532. The molecule has 3 heteroatoms. The smallest absolute Gasteiger partial charge is 0.0847 e. The Labute approximate surface area is 86.4 Å². The van der Waals surface area contributed by atoms with Gasteiger partial charge in [0.05, 0.1) is 11.6 Å². The number of hydrogen-bond donors (Lipinski definition) is 2. The van der Waals surface area contributed by atoms with Crippen molar-refractivity contribution in [3.8, 4) is 0 Å². The van der Waals surface area contributed by atoms with Gasteiger partial charge in [-0.3, -0.25) is 11.3 Å². The Hall–Kier alpha value is -0.120. The Kier molecular flexibility index (Phi) is 3.10. The van der Waals surface area contributed by atoms with Gasteiger partial charge >= 0.3 is 0 Å². The molecule has 3 nitrogen and oxygen atoms in total. The fourth-order valence-corrected chi connectivity index (χ4v) is 3.18. The Morgan fingerprint density at radius 2 is 1.93 bits per heavy atom. The normalized spacial score (nSPS) is 28.7. The van der Waals surface area contributed by atoms with Crippen LogP contribution < -0.4 is 11.3 Å². The maximum Gasteiger partial charge on any atom is 0.0847 e. The molecular weight excluding hydrogens is 176 g/mol. The van der Waals surface area contributed by atoms with Crippen molar-refractivity contribution < 1.29 is 4.74 Å². The van der Waals surface area contributed by atoms with Crippen molar-refractivity contribution in [3.05, 3.63) is 0 Å². The zero-order valence-corrected chi connectivity index (χ0v) is 9.09. The summed E-state index contributed by atoms with van der Waals surface area (Å²) in [5.74, 6) is 6.43. The molecule has 0 saturated heterocycles. The predicted octanol–water partition coefficient (Wildman–Crippen LogP) is 1.58. The Morgan fingerprint density at radius 1 is 1.29 bits per heavy atom. The molecule has 3 N–H and O–H groups in total. The molecule has 82 valence electrons. The lowest BCUT2D eigenvalue weighted by Gasteiger charge is -2.48. The maximum atomic E-state index is 5.70. The third-order valence-electron chi connectivity index (χ3n) is 4.22. The lowest BCUT2D eigenvalue weighted by Crippen LogP contribution is -2.61. The Morgan fingerprint density at radius 3 is 2.29 bits per heavy atom. The summed E-state index contributed by atoms with van der Waals surface area (Å²) in [5.41, 5.74) is 3.07. The molecule has 0 aromatic heterocycles. The molecule has 1 atom stereocenters. The van der Waals surface area contributed by atoms with Crippen LogP contribution in [0.2, 0.25) is 0 Å². The summed E-state index contributed by atoms with van der Waals surface area (Å²) >= 11 is 0. The van der Waals surface area contributed by atoms with Crippen LogP contribution in [0.1, 0.15) is 44.9 Å². The van der Waals surface area contributed by atoms with Crippen LogP contribution >= 0.6 is 0 Å². The summed E-state index contributed by atoms with van der Waals surface area (Å²) in [6, 6.07) is 0.378. The van der Waals surface area contributed by atoms with Crippen molar-refractivity contribution in [3.63, 3.8) is 0 Å². The number of hydrogen-bond acceptors (Lipinski definition) is 3. The van der Waals surface area contributed by atoms with E-state index in [9.17, 15) is 0 Å². The molecule has 2 fully saturated rings. The molecule has 0 spiro atoms. The van der Waals surface area contributed by atoms with Crippen LogP contribution in [0.4, 0.5) is 0 Å². The molecule has 0 aromatic rings. The molecule has 0 heterocycles. The summed E-state index contributed by atoms with van der Waals surface area (Å²) in [6.45, 7) is 0. The molecule has 1 unspecified atom stereocenters. The van der Waals surface area contributed by atoms with E-state index in [2.05, 4.69) is 5.43 Å². The monoisotopic (exact) mass is 198 g/mol. The van der Waals surface area contributed by atoms with Crippen LogP contribution in [0, 0.1) is 5.92 Å². The molecule has 0 aliphatic heterocycles. The van der Waals surface area contributed by atoms with Crippen molar-refractivity contribution in [2.45, 2.75) is 56.6 Å². The van der Waals surface area contributed by atoms with Crippen molar-refractivity contribution >= 4 is 0 Å². The molecule has 2 rings (SSSR count). The lowest BCUT2D eigenvalue weighted by molar-refractivity contribution is -0.111. The van der Waals surface area contributed by atoms with E-state index in [4.69, 9.17) is 10.6 Å². The highest BCUT2D eigenvalue weighted by molar-refractivity contribution is 5.02. The molecular formula is C11H22N2O. The average molecular weight is 198 g/mol. The van der Waals surface area contributed by atoms with Gasteiger partial charge in [0.1, 0.15) is 0 Å². The number of rotatable bonds is 4. The SMILES string of the molecule is COC1(C(NN)C2CCCC2)CCC1. The summed E-state index contributed by atoms with van der Waals surface area (Å²) in [5, 5.41) is 0. The van der Waals surface area contributed by atoms with Crippen molar-refractivity contribution in [1.29, 1.82) is 0 Å². The number of nitrogens with two attached hydrogens (primary N) is 1. The van der Waals surface area contributed by atoms with E-state index in [0.29, 0.717) is 6.04 Å². The standard InChI is InChI=1S/C11H22N2O/c1-14-11(7-4-8-11)10(13-12)9-5-2-3-6-9/h9-10,13H,2-8,12H2,1H3. The van der Waals surface area contributed by atoms with Crippen molar-refractivity contribution in [2.75, 3.05) is 7.11 Å². The first-order chi connectivity index (χ1) is 6.82. The lowest BCUT2D eigenvalue weighted by atomic mass is 9.70. The highest BCUT2D eigenvalue weighted by atomic mass is 16.5. The summed E-state index contributed by atoms with van der Waals surface area (Å²) in [4.78, 5) is 0. The van der Waals surface area contributed by atoms with Crippen LogP contribution in [0.5, 0.6) is 0 Å². The van der Waals surface area contributed by atoms with Gasteiger partial charge in [-0.05, 0) is 38.0 Å². The van der Waals surface area contributed by atoms with Crippen molar-refractivity contribution in [1.82, 2.24) is 5.43 Å². The molecule has 0 bridgehead atoms. The Balaban J connectivity index is 2.03. The van der Waals surface area contributed by atoms with Gasteiger partial charge < -0.3 is 4.74 Å². The fraction of sp³-hybridized carbons (Fsp3) is 1.00. The van der Waals surface area contributed by atoms with Crippen molar-refractivity contribution in [2.24, 2.45) is 11.8 Å². The van der Waals surface area contributed by atoms with E-state index in [1.807, 2.05) is 7.11 Å². The van der Waals surface area contributed by atoms with Crippen LogP contribution in [0.15, 0.2) is 0 Å². The Bertz CT molecular complexity index is 180. The zero-order valence-electron chi connectivity index (χ0n) is 9.09. The number of methoxy groups -OCH3 is 1. The van der Waals surface area contributed by atoms with E-state index < -0.39 is 0 Å². The van der Waals surface area contributed by atoms with E-state index in [1.165, 1.54) is 44.9 Å². The number of ether oxygens (including phenoxy) is 1. The highest BCUT2D eigenvalue weighted by Gasteiger charge is 2.47. The van der Waals surface area contributed by atoms with Gasteiger partial charge in [0.15, 0.2) is 0 Å². The topological polar surface area (TPSA) is 47.3 Å². The largest absolute Gasteiger partial charge is 0.377 e. The first-order valence-electron chi connectivity index (χ1n) is 5.84. The molecule has 0 amide bonds. The van der Waals surface area contributed by atoms with Gasteiger partial charge in [0, 0.05) is 7.11 Å². The van der Waals surface area contributed by atoms with Crippen LogP contribution in [0.3, 0.4) is 0 Å². The van der Waals surface area contributed by atoms with E-state index >= 15 is 0 Å². The second-order valence-electron chi connectivity index (χ2n) is 4.81. The minimum Gasteiger partial charge on any atom is -0.377 e. The van der Waals surface area contributed by atoms with Gasteiger partial charge in [-0.25, -0.2) is 0 Å². The van der Waals surface area contributed by atoms with E-state index in [-0.39, 0.29) is 5.60 Å². The summed E-state index contributed by atoms with van der Waals surface area (Å²) in [6.07, 6.45) is 9.01. The third-order valence-corrected chi connectivity index (χ3v) is 4.22. The molecule has 2 aliphatic carbocycles. The van der Waals surface area contributed by atoms with E-state index in [1.54, 1.807) is 0 Å². The van der Waals surface area contributed by atoms with Gasteiger partial charge in [-0.2, -0.15) is 0 Å². The molecule has 2 aliphatic rings. The summed E-state index contributed by atoms with van der Waals surface area (Å²) < 4.78 is 5.70. The van der Waals surface area contributed by atoms with Crippen LogP contribution in [-0.4, -0.2) is 18.8 Å². The first-order valence-corrected chi connectivity index (χ1v) is 5.84.